The van der Waals surface area contributed by atoms with Gasteiger partial charge in [-0.1, -0.05) is 36.4 Å². The van der Waals surface area contributed by atoms with E-state index in [0.717, 1.165) is 72.3 Å². The molecule has 37 heavy (non-hydrogen) atoms. The van der Waals surface area contributed by atoms with Crippen LogP contribution in [0, 0.1) is 0 Å². The van der Waals surface area contributed by atoms with Gasteiger partial charge in [0.2, 0.25) is 0 Å². The summed E-state index contributed by atoms with van der Waals surface area (Å²) in [6.07, 6.45) is 10.0. The molecule has 0 spiro atoms. The molecule has 0 radical (unpaired) electrons. The number of nitrogens with zero attached hydrogens (tertiary/aromatic N) is 5. The van der Waals surface area contributed by atoms with E-state index in [2.05, 4.69) is 33.5 Å². The number of rotatable bonds is 4. The van der Waals surface area contributed by atoms with Crippen molar-refractivity contribution >= 4 is 17.5 Å². The first-order valence-corrected chi connectivity index (χ1v) is 13.3. The van der Waals surface area contributed by atoms with Crippen LogP contribution in [-0.4, -0.2) is 49.6 Å². The first-order chi connectivity index (χ1) is 18.1. The van der Waals surface area contributed by atoms with E-state index in [4.69, 9.17) is 15.7 Å². The molecule has 2 aliphatic heterocycles. The molecule has 2 bridgehead atoms. The number of piperidine rings is 1. The van der Waals surface area contributed by atoms with Crippen LogP contribution >= 0.6 is 0 Å². The minimum atomic E-state index is 0.0424. The highest BCUT2D eigenvalue weighted by Gasteiger charge is 2.45. The molecule has 188 valence electrons. The van der Waals surface area contributed by atoms with Crippen molar-refractivity contribution in [3.8, 4) is 22.4 Å². The summed E-state index contributed by atoms with van der Waals surface area (Å²) < 4.78 is 1.81. The molecule has 3 aliphatic rings. The number of pyridine rings is 1. The molecule has 2 saturated heterocycles. The van der Waals surface area contributed by atoms with Gasteiger partial charge >= 0.3 is 6.03 Å². The number of carbonyl (C=O) groups is 1. The van der Waals surface area contributed by atoms with Gasteiger partial charge in [-0.05, 0) is 50.5 Å². The highest BCUT2D eigenvalue weighted by molar-refractivity contribution is 5.79. The van der Waals surface area contributed by atoms with Crippen LogP contribution < -0.4 is 11.1 Å². The number of urea groups is 1. The van der Waals surface area contributed by atoms with E-state index in [-0.39, 0.29) is 18.1 Å². The molecule has 3 atom stereocenters. The first kappa shape index (κ1) is 22.3. The number of hydrogen-bond acceptors (Lipinski definition) is 5. The third kappa shape index (κ3) is 3.65. The molecular weight excluding hydrogens is 462 g/mol. The molecule has 3 fully saturated rings. The van der Waals surface area contributed by atoms with Gasteiger partial charge in [-0.2, -0.15) is 9.61 Å². The maximum absolute atomic E-state index is 12.5. The standard InChI is InChI=1S/C29H31N7O/c1-31-29(37)35-21-10-11-22(35)14-20(13-21)26-25(18-7-8-18)27(30)36-28(34-26)23(16-33-36)19-9-12-24(32-15-19)17-5-3-2-4-6-17/h2-6,9,12,15-16,18,20-22H,7-8,10-11,13-14,30H2,1H3,(H,31,37)/t20-,21+,22-. The zero-order valence-corrected chi connectivity index (χ0v) is 21.0. The molecule has 1 aliphatic carbocycles. The van der Waals surface area contributed by atoms with Crippen molar-refractivity contribution in [1.29, 1.82) is 0 Å². The van der Waals surface area contributed by atoms with Gasteiger partial charge in [-0.3, -0.25) is 4.98 Å². The second-order valence-corrected chi connectivity index (χ2v) is 10.7. The zero-order chi connectivity index (χ0) is 25.1. The molecule has 3 N–H and O–H groups in total. The van der Waals surface area contributed by atoms with E-state index in [1.54, 1.807) is 7.05 Å². The fourth-order valence-corrected chi connectivity index (χ4v) is 6.54. The van der Waals surface area contributed by atoms with Crippen molar-refractivity contribution in [2.75, 3.05) is 12.8 Å². The van der Waals surface area contributed by atoms with E-state index in [1.807, 2.05) is 41.2 Å². The molecule has 0 unspecified atom stereocenters. The molecule has 3 aromatic heterocycles. The predicted octanol–water partition coefficient (Wildman–Crippen LogP) is 4.97. The number of hydrogen-bond donors (Lipinski definition) is 2. The Morgan fingerprint density at radius 1 is 0.946 bits per heavy atom. The van der Waals surface area contributed by atoms with E-state index in [1.165, 1.54) is 5.56 Å². The van der Waals surface area contributed by atoms with E-state index < -0.39 is 0 Å². The Kier molecular flexibility index (Phi) is 5.16. The smallest absolute Gasteiger partial charge is 0.317 e. The van der Waals surface area contributed by atoms with Gasteiger partial charge in [0.1, 0.15) is 5.82 Å². The first-order valence-electron chi connectivity index (χ1n) is 13.3. The Morgan fingerprint density at radius 3 is 2.35 bits per heavy atom. The van der Waals surface area contributed by atoms with Gasteiger partial charge in [-0.25, -0.2) is 9.78 Å². The molecule has 5 heterocycles. The number of carbonyl (C=O) groups excluding carboxylic acids is 1. The lowest BCUT2D eigenvalue weighted by molar-refractivity contribution is 0.139. The van der Waals surface area contributed by atoms with Crippen LogP contribution in [-0.2, 0) is 0 Å². The van der Waals surface area contributed by atoms with Gasteiger partial charge in [0.15, 0.2) is 5.65 Å². The Bertz CT molecular complexity index is 1460. The highest BCUT2D eigenvalue weighted by Crippen LogP contribution is 2.50. The quantitative estimate of drug-likeness (QED) is 0.418. The van der Waals surface area contributed by atoms with Gasteiger partial charge < -0.3 is 16.0 Å². The lowest BCUT2D eigenvalue weighted by Gasteiger charge is -2.39. The van der Waals surface area contributed by atoms with Crippen molar-refractivity contribution in [3.63, 3.8) is 0 Å². The fourth-order valence-electron chi connectivity index (χ4n) is 6.54. The number of nitrogens with one attached hydrogen (secondary N) is 1. The lowest BCUT2D eigenvalue weighted by atomic mass is 9.85. The summed E-state index contributed by atoms with van der Waals surface area (Å²) in [6.45, 7) is 0. The minimum absolute atomic E-state index is 0.0424. The van der Waals surface area contributed by atoms with Gasteiger partial charge in [-0.15, -0.1) is 0 Å². The number of nitrogen functional groups attached to an aromatic ring is 1. The van der Waals surface area contributed by atoms with Gasteiger partial charge in [0.05, 0.1) is 17.6 Å². The van der Waals surface area contributed by atoms with Crippen LogP contribution in [0.5, 0.6) is 0 Å². The molecule has 8 heteroatoms. The maximum Gasteiger partial charge on any atom is 0.317 e. The second kappa shape index (κ2) is 8.57. The number of aromatic nitrogens is 4. The number of benzene rings is 1. The van der Waals surface area contributed by atoms with Crippen LogP contribution in [0.4, 0.5) is 10.6 Å². The summed E-state index contributed by atoms with van der Waals surface area (Å²) in [6, 6.07) is 14.9. The minimum Gasteiger partial charge on any atom is -0.383 e. The van der Waals surface area contributed by atoms with E-state index in [0.29, 0.717) is 17.7 Å². The van der Waals surface area contributed by atoms with Crippen LogP contribution in [0.2, 0.25) is 0 Å². The summed E-state index contributed by atoms with van der Waals surface area (Å²) in [4.78, 5) is 24.6. The Hall–Kier alpha value is -3.94. The molecule has 7 rings (SSSR count). The largest absolute Gasteiger partial charge is 0.383 e. The number of fused-ring (bicyclic) bond motifs is 3. The van der Waals surface area contributed by atoms with Crippen LogP contribution in [0.3, 0.4) is 0 Å². The fraction of sp³-hybridized carbons (Fsp3) is 0.379. The molecule has 1 aromatic carbocycles. The predicted molar refractivity (Wildman–Crippen MR) is 143 cm³/mol. The monoisotopic (exact) mass is 493 g/mol. The summed E-state index contributed by atoms with van der Waals surface area (Å²) in [7, 11) is 1.72. The molecular formula is C29H31N7O. The van der Waals surface area contributed by atoms with Crippen LogP contribution in [0.15, 0.2) is 54.9 Å². The normalized spacial score (nSPS) is 22.9. The molecule has 2 amide bonds. The SMILES string of the molecule is CNC(=O)N1[C@@H]2CC[C@H]1C[C@@H](c1nc3c(-c4ccc(-c5ccccc5)nc4)cnn3c(N)c1C1CC1)C2. The van der Waals surface area contributed by atoms with Crippen LogP contribution in [0.25, 0.3) is 28.0 Å². The number of amides is 2. The lowest BCUT2D eigenvalue weighted by Crippen LogP contribution is -2.49. The van der Waals surface area contributed by atoms with Gasteiger partial charge in [0, 0.05) is 53.5 Å². The van der Waals surface area contributed by atoms with Crippen LogP contribution in [0.1, 0.15) is 61.6 Å². The number of anilines is 1. The Morgan fingerprint density at radius 2 is 1.70 bits per heavy atom. The topological polar surface area (TPSA) is 101 Å². The number of nitrogens with two attached hydrogens (primary N) is 1. The third-order valence-corrected chi connectivity index (χ3v) is 8.45. The maximum atomic E-state index is 12.5. The summed E-state index contributed by atoms with van der Waals surface area (Å²) >= 11 is 0. The van der Waals surface area contributed by atoms with E-state index in [9.17, 15) is 4.79 Å². The van der Waals surface area contributed by atoms with Crippen molar-refractivity contribution in [2.24, 2.45) is 0 Å². The zero-order valence-electron chi connectivity index (χ0n) is 21.0. The van der Waals surface area contributed by atoms with Crippen molar-refractivity contribution in [2.45, 2.75) is 62.4 Å². The van der Waals surface area contributed by atoms with Gasteiger partial charge in [0.25, 0.3) is 0 Å². The summed E-state index contributed by atoms with van der Waals surface area (Å²) in [5, 5.41) is 7.49. The Labute approximate surface area is 215 Å². The van der Waals surface area contributed by atoms with Crippen molar-refractivity contribution < 1.29 is 4.79 Å². The van der Waals surface area contributed by atoms with Crippen molar-refractivity contribution in [1.82, 2.24) is 29.8 Å². The average Bonchev–Trinajstić information content (AvgIpc) is 3.62. The molecule has 4 aromatic rings. The summed E-state index contributed by atoms with van der Waals surface area (Å²) in [5.74, 6) is 1.47. The summed E-state index contributed by atoms with van der Waals surface area (Å²) in [5.41, 5.74) is 13.8. The Balaban J connectivity index is 1.28. The van der Waals surface area contributed by atoms with E-state index >= 15 is 0 Å². The second-order valence-electron chi connectivity index (χ2n) is 10.7. The third-order valence-electron chi connectivity index (χ3n) is 8.45. The molecule has 1 saturated carbocycles. The average molecular weight is 494 g/mol. The van der Waals surface area contributed by atoms with Crippen molar-refractivity contribution in [3.05, 3.63) is 66.1 Å². The molecule has 8 nitrogen and oxygen atoms in total. The highest BCUT2D eigenvalue weighted by atomic mass is 16.2.